The van der Waals surface area contributed by atoms with Crippen LogP contribution in [0.5, 0.6) is 0 Å². The molecule has 2 heterocycles. The zero-order valence-corrected chi connectivity index (χ0v) is 16.1. The van der Waals surface area contributed by atoms with Crippen LogP contribution in [0.3, 0.4) is 0 Å². The van der Waals surface area contributed by atoms with E-state index in [1.807, 2.05) is 36.4 Å². The number of nitrogens with zero attached hydrogens (tertiary/aromatic N) is 2. The first-order chi connectivity index (χ1) is 13.7. The number of fused-ring (bicyclic) bond motifs is 1. The number of hydrogen-bond acceptors (Lipinski definition) is 5. The molecular formula is C22H13ClN2O2S. The molecule has 0 bridgehead atoms. The van der Waals surface area contributed by atoms with Crippen LogP contribution in [0.1, 0.15) is 21.5 Å². The van der Waals surface area contributed by atoms with Crippen LogP contribution in [0.15, 0.2) is 66.7 Å². The van der Waals surface area contributed by atoms with E-state index in [0.717, 1.165) is 4.88 Å². The van der Waals surface area contributed by atoms with Gasteiger partial charge in [0, 0.05) is 10.9 Å². The summed E-state index contributed by atoms with van der Waals surface area (Å²) in [6.07, 6.45) is 0. The number of aromatic nitrogens is 1. The van der Waals surface area contributed by atoms with Gasteiger partial charge in [0.1, 0.15) is 6.61 Å². The molecule has 0 aliphatic carbocycles. The summed E-state index contributed by atoms with van der Waals surface area (Å²) in [6, 6.07) is 22.0. The van der Waals surface area contributed by atoms with Gasteiger partial charge in [-0.2, -0.15) is 5.26 Å². The lowest BCUT2D eigenvalue weighted by Crippen LogP contribution is -2.07. The maximum atomic E-state index is 12.9. The maximum Gasteiger partial charge on any atom is 0.339 e. The Hall–Kier alpha value is -3.20. The van der Waals surface area contributed by atoms with Crippen LogP contribution in [0.2, 0.25) is 4.34 Å². The number of ether oxygens (including phenoxy) is 1. The van der Waals surface area contributed by atoms with Crippen molar-refractivity contribution in [2.45, 2.75) is 6.61 Å². The lowest BCUT2D eigenvalue weighted by molar-refractivity contribution is 0.0475. The molecule has 0 unspecified atom stereocenters. The van der Waals surface area contributed by atoms with Gasteiger partial charge >= 0.3 is 5.97 Å². The molecule has 0 saturated carbocycles. The van der Waals surface area contributed by atoms with Crippen molar-refractivity contribution in [1.29, 1.82) is 5.26 Å². The molecule has 0 atom stereocenters. The first kappa shape index (κ1) is 18.2. The number of pyridine rings is 1. The van der Waals surface area contributed by atoms with Crippen LogP contribution >= 0.6 is 22.9 Å². The number of esters is 1. The summed E-state index contributed by atoms with van der Waals surface area (Å²) < 4.78 is 6.18. The number of halogens is 1. The fourth-order valence-electron chi connectivity index (χ4n) is 2.90. The van der Waals surface area contributed by atoms with Crippen LogP contribution in [-0.4, -0.2) is 11.0 Å². The highest BCUT2D eigenvalue weighted by molar-refractivity contribution is 7.19. The minimum Gasteiger partial charge on any atom is -0.457 e. The summed E-state index contributed by atoms with van der Waals surface area (Å²) in [5, 5.41) is 9.91. The minimum absolute atomic E-state index is 0.0272. The minimum atomic E-state index is -0.463. The van der Waals surface area contributed by atoms with E-state index < -0.39 is 5.97 Å². The van der Waals surface area contributed by atoms with Gasteiger partial charge in [-0.1, -0.05) is 48.0 Å². The van der Waals surface area contributed by atoms with Gasteiger partial charge in [0.15, 0.2) is 0 Å². The van der Waals surface area contributed by atoms with Crippen molar-refractivity contribution in [2.24, 2.45) is 0 Å². The normalized spacial score (nSPS) is 10.6. The highest BCUT2D eigenvalue weighted by atomic mass is 35.5. The van der Waals surface area contributed by atoms with Gasteiger partial charge in [0.05, 0.1) is 37.6 Å². The van der Waals surface area contributed by atoms with Gasteiger partial charge in [-0.05, 0) is 30.3 Å². The van der Waals surface area contributed by atoms with Crippen LogP contribution in [0.4, 0.5) is 0 Å². The van der Waals surface area contributed by atoms with Crippen LogP contribution in [-0.2, 0) is 11.3 Å². The molecule has 136 valence electrons. The van der Waals surface area contributed by atoms with E-state index in [1.54, 1.807) is 30.3 Å². The van der Waals surface area contributed by atoms with Crippen molar-refractivity contribution < 1.29 is 9.53 Å². The smallest absolute Gasteiger partial charge is 0.339 e. The van der Waals surface area contributed by atoms with E-state index in [4.69, 9.17) is 16.3 Å². The van der Waals surface area contributed by atoms with E-state index in [1.165, 1.54) is 11.3 Å². The lowest BCUT2D eigenvalue weighted by Gasteiger charge is -2.10. The van der Waals surface area contributed by atoms with Crippen molar-refractivity contribution in [3.63, 3.8) is 0 Å². The Morgan fingerprint density at radius 3 is 2.68 bits per heavy atom. The van der Waals surface area contributed by atoms with Crippen LogP contribution < -0.4 is 0 Å². The number of thiophene rings is 1. The summed E-state index contributed by atoms with van der Waals surface area (Å²) in [5.41, 5.74) is 2.96. The number of nitriles is 1. The van der Waals surface area contributed by atoms with Crippen molar-refractivity contribution in [2.75, 3.05) is 0 Å². The third kappa shape index (κ3) is 3.61. The first-order valence-corrected chi connectivity index (χ1v) is 9.66. The van der Waals surface area contributed by atoms with Crippen LogP contribution in [0, 0.1) is 11.3 Å². The highest BCUT2D eigenvalue weighted by Crippen LogP contribution is 2.32. The molecule has 0 saturated heterocycles. The number of hydrogen-bond donors (Lipinski definition) is 0. The first-order valence-electron chi connectivity index (χ1n) is 8.46. The van der Waals surface area contributed by atoms with Crippen LogP contribution in [0.25, 0.3) is 21.5 Å². The second-order valence-corrected chi connectivity index (χ2v) is 7.74. The van der Waals surface area contributed by atoms with E-state index in [0.29, 0.717) is 37.6 Å². The molecule has 0 spiro atoms. The van der Waals surface area contributed by atoms with Gasteiger partial charge < -0.3 is 4.74 Å². The average molecular weight is 405 g/mol. The second kappa shape index (κ2) is 7.81. The summed E-state index contributed by atoms with van der Waals surface area (Å²) in [7, 11) is 0. The fraction of sp³-hybridized carbons (Fsp3) is 0.0455. The monoisotopic (exact) mass is 404 g/mol. The van der Waals surface area contributed by atoms with Gasteiger partial charge in [-0.3, -0.25) is 0 Å². The third-order valence-electron chi connectivity index (χ3n) is 4.26. The summed E-state index contributed by atoms with van der Waals surface area (Å²) in [5.74, 6) is -0.463. The SMILES string of the molecule is N#Cc1ccccc1COC(=O)c1cc(-c2ccc(Cl)s2)nc2ccccc12. The molecule has 2 aromatic carbocycles. The van der Waals surface area contributed by atoms with E-state index in [2.05, 4.69) is 11.1 Å². The Labute approximate surface area is 170 Å². The van der Waals surface area contributed by atoms with Gasteiger partial charge in [0.2, 0.25) is 0 Å². The Morgan fingerprint density at radius 2 is 1.89 bits per heavy atom. The number of rotatable bonds is 4. The molecule has 0 aliphatic rings. The van der Waals surface area contributed by atoms with E-state index in [9.17, 15) is 10.1 Å². The molecule has 0 radical (unpaired) electrons. The highest BCUT2D eigenvalue weighted by Gasteiger charge is 2.16. The average Bonchev–Trinajstić information content (AvgIpc) is 3.17. The predicted octanol–water partition coefficient (Wildman–Crippen LogP) is 5.85. The Bertz CT molecular complexity index is 1230. The molecular weight excluding hydrogens is 392 g/mol. The molecule has 6 heteroatoms. The molecule has 0 amide bonds. The number of carbonyl (C=O) groups excluding carboxylic acids is 1. The summed E-state index contributed by atoms with van der Waals surface area (Å²) in [6.45, 7) is 0.0272. The lowest BCUT2D eigenvalue weighted by atomic mass is 10.1. The van der Waals surface area contributed by atoms with E-state index >= 15 is 0 Å². The molecule has 4 nitrogen and oxygen atoms in total. The Balaban J connectivity index is 1.70. The van der Waals surface area contributed by atoms with Crippen molar-refractivity contribution in [3.8, 4) is 16.6 Å². The van der Waals surface area contributed by atoms with Crippen molar-refractivity contribution in [1.82, 2.24) is 4.98 Å². The molecule has 4 aromatic rings. The fourth-order valence-corrected chi connectivity index (χ4v) is 3.90. The quantitative estimate of drug-likeness (QED) is 0.400. The Kier molecular flexibility index (Phi) is 5.07. The van der Waals surface area contributed by atoms with Gasteiger partial charge in [0.25, 0.3) is 0 Å². The Morgan fingerprint density at radius 1 is 1.11 bits per heavy atom. The zero-order valence-electron chi connectivity index (χ0n) is 14.6. The molecule has 28 heavy (non-hydrogen) atoms. The number of carbonyl (C=O) groups is 1. The maximum absolute atomic E-state index is 12.9. The summed E-state index contributed by atoms with van der Waals surface area (Å²) >= 11 is 7.45. The molecule has 2 aromatic heterocycles. The van der Waals surface area contributed by atoms with Crippen molar-refractivity contribution >= 4 is 39.8 Å². The molecule has 0 N–H and O–H groups in total. The standard InChI is InChI=1S/C22H13ClN2O2S/c23-21-10-9-20(28-21)19-11-17(16-7-3-4-8-18(16)25-19)22(26)27-13-15-6-2-1-5-14(15)12-24/h1-11H,13H2. The largest absolute Gasteiger partial charge is 0.457 e. The topological polar surface area (TPSA) is 63.0 Å². The third-order valence-corrected chi connectivity index (χ3v) is 5.51. The number of benzene rings is 2. The zero-order chi connectivity index (χ0) is 19.5. The summed E-state index contributed by atoms with van der Waals surface area (Å²) in [4.78, 5) is 18.4. The molecule has 0 aliphatic heterocycles. The van der Waals surface area contributed by atoms with E-state index in [-0.39, 0.29) is 6.61 Å². The van der Waals surface area contributed by atoms with Crippen molar-refractivity contribution in [3.05, 3.63) is 87.8 Å². The van der Waals surface area contributed by atoms with Gasteiger partial charge in [-0.25, -0.2) is 9.78 Å². The number of para-hydroxylation sites is 1. The predicted molar refractivity (Wildman–Crippen MR) is 110 cm³/mol. The van der Waals surface area contributed by atoms with Gasteiger partial charge in [-0.15, -0.1) is 11.3 Å². The second-order valence-electron chi connectivity index (χ2n) is 6.02. The molecule has 4 rings (SSSR count). The molecule has 0 fully saturated rings.